The van der Waals surface area contributed by atoms with Gasteiger partial charge in [0.15, 0.2) is 5.84 Å². The first-order chi connectivity index (χ1) is 17.8. The lowest BCUT2D eigenvalue weighted by Gasteiger charge is -2.44. The second-order valence-corrected chi connectivity index (χ2v) is 9.18. The largest absolute Gasteiger partial charge is 0.417 e. The molecule has 1 amide bonds. The molecule has 1 aliphatic heterocycles. The molecule has 194 valence electrons. The van der Waals surface area contributed by atoms with Crippen molar-refractivity contribution in [1.29, 1.82) is 0 Å². The normalized spacial score (nSPS) is 19.8. The number of nitrogens with zero attached hydrogens (tertiary/aromatic N) is 7. The Labute approximate surface area is 211 Å². The van der Waals surface area contributed by atoms with Crippen LogP contribution in [0.1, 0.15) is 49.0 Å². The maximum absolute atomic E-state index is 13.3. The molecule has 9 nitrogen and oxygen atoms in total. The highest BCUT2D eigenvalue weighted by Gasteiger charge is 2.38. The molecule has 2 fully saturated rings. The third kappa shape index (κ3) is 4.75. The summed E-state index contributed by atoms with van der Waals surface area (Å²) in [5.41, 5.74) is 0.731. The zero-order valence-corrected chi connectivity index (χ0v) is 20.3. The zero-order chi connectivity index (χ0) is 26.2. The second kappa shape index (κ2) is 9.83. The van der Waals surface area contributed by atoms with Crippen LogP contribution in [0.3, 0.4) is 0 Å². The number of H-pyrrole nitrogens is 1. The summed E-state index contributed by atoms with van der Waals surface area (Å²) < 4.78 is 41.2. The number of hydrogen-bond donors (Lipinski definition) is 1. The van der Waals surface area contributed by atoms with Crippen molar-refractivity contribution < 1.29 is 18.0 Å². The van der Waals surface area contributed by atoms with E-state index in [9.17, 15) is 18.0 Å². The van der Waals surface area contributed by atoms with Crippen LogP contribution in [0.2, 0.25) is 0 Å². The predicted molar refractivity (Wildman–Crippen MR) is 132 cm³/mol. The highest BCUT2D eigenvalue weighted by molar-refractivity contribution is 6.01. The molecule has 3 aromatic heterocycles. The number of amidine groups is 1. The first-order valence-electron chi connectivity index (χ1n) is 12.1. The molecule has 12 heteroatoms. The number of carbonyl (C=O) groups excluding carboxylic acids is 1. The summed E-state index contributed by atoms with van der Waals surface area (Å²) in [5.74, 6) is 0.970. The summed E-state index contributed by atoms with van der Waals surface area (Å²) in [6, 6.07) is 2.08. The van der Waals surface area contributed by atoms with Gasteiger partial charge in [-0.1, -0.05) is 6.42 Å². The van der Waals surface area contributed by atoms with Gasteiger partial charge in [-0.15, -0.1) is 0 Å². The summed E-state index contributed by atoms with van der Waals surface area (Å²) in [4.78, 5) is 30.0. The van der Waals surface area contributed by atoms with Gasteiger partial charge in [0.05, 0.1) is 24.0 Å². The van der Waals surface area contributed by atoms with Gasteiger partial charge in [0.1, 0.15) is 17.2 Å². The van der Waals surface area contributed by atoms with Gasteiger partial charge in [0.25, 0.3) is 0 Å². The number of pyridine rings is 1. The topological polar surface area (TPSA) is 94.2 Å². The SMILES string of the molecule is C=N/C(=N\C(=C/C)N1CCN(C(=O)C2CCC2)C(c2cn[nH]c2)C1)c1cnc2ccc(C(F)(F)F)cn12. The van der Waals surface area contributed by atoms with Gasteiger partial charge in [-0.25, -0.2) is 15.0 Å². The summed E-state index contributed by atoms with van der Waals surface area (Å²) in [7, 11) is 0. The van der Waals surface area contributed by atoms with E-state index in [1.807, 2.05) is 22.8 Å². The number of imidazole rings is 1. The van der Waals surface area contributed by atoms with Crippen LogP contribution in [0.25, 0.3) is 5.65 Å². The van der Waals surface area contributed by atoms with E-state index in [2.05, 4.69) is 31.9 Å². The van der Waals surface area contributed by atoms with Gasteiger partial charge in [0.2, 0.25) is 5.91 Å². The standard InChI is InChI=1S/C25H27F3N8O/c1-3-21(33-23(29-2)19-13-30-22-8-7-18(14-36(19)22)25(26,27)28)34-9-10-35(24(37)16-5-4-6-16)20(15-34)17-11-31-32-12-17/h3,7-8,11-14,16,20H,2,4-6,9-10,15H2,1H3,(H,31,32)/b21-3+,33-23-. The Morgan fingerprint density at radius 2 is 2.05 bits per heavy atom. The van der Waals surface area contributed by atoms with Crippen molar-refractivity contribution in [1.82, 2.24) is 29.4 Å². The van der Waals surface area contributed by atoms with Crippen molar-refractivity contribution in [2.24, 2.45) is 15.9 Å². The molecule has 5 rings (SSSR count). The maximum atomic E-state index is 13.3. The number of nitrogens with one attached hydrogen (secondary N) is 1. The summed E-state index contributed by atoms with van der Waals surface area (Å²) in [5, 5.41) is 6.90. The van der Waals surface area contributed by atoms with Crippen LogP contribution >= 0.6 is 0 Å². The fourth-order valence-corrected chi connectivity index (χ4v) is 4.79. The van der Waals surface area contributed by atoms with Crippen molar-refractivity contribution >= 4 is 24.1 Å². The summed E-state index contributed by atoms with van der Waals surface area (Å²) in [6.45, 7) is 6.97. The molecule has 2 aliphatic rings. The van der Waals surface area contributed by atoms with Crippen molar-refractivity contribution in [2.75, 3.05) is 19.6 Å². The van der Waals surface area contributed by atoms with Crippen LogP contribution in [0.15, 0.2) is 58.8 Å². The van der Waals surface area contributed by atoms with E-state index in [1.54, 1.807) is 12.4 Å². The quantitative estimate of drug-likeness (QED) is 0.412. The minimum atomic E-state index is -4.50. The molecule has 0 radical (unpaired) electrons. The third-order valence-corrected chi connectivity index (χ3v) is 7.04. The summed E-state index contributed by atoms with van der Waals surface area (Å²) in [6.07, 6.45) is 6.16. The minimum absolute atomic E-state index is 0.0773. The Balaban J connectivity index is 1.44. The van der Waals surface area contributed by atoms with Crippen LogP contribution in [0.5, 0.6) is 0 Å². The van der Waals surface area contributed by atoms with Crippen LogP contribution in [0.4, 0.5) is 13.2 Å². The lowest BCUT2D eigenvalue weighted by Crippen LogP contribution is -2.52. The average molecular weight is 513 g/mol. The van der Waals surface area contributed by atoms with E-state index in [4.69, 9.17) is 0 Å². The first kappa shape index (κ1) is 24.7. The Hall–Kier alpha value is -3.96. The van der Waals surface area contributed by atoms with E-state index in [0.717, 1.165) is 37.1 Å². The fraction of sp³-hybridized carbons (Fsp3) is 0.400. The van der Waals surface area contributed by atoms with Crippen LogP contribution < -0.4 is 0 Å². The monoisotopic (exact) mass is 512 g/mol. The van der Waals surface area contributed by atoms with Crippen LogP contribution in [-0.4, -0.2) is 67.5 Å². The zero-order valence-electron chi connectivity index (χ0n) is 20.3. The number of allylic oxidation sites excluding steroid dienone is 1. The molecule has 0 aromatic carbocycles. The van der Waals surface area contributed by atoms with E-state index < -0.39 is 11.7 Å². The van der Waals surface area contributed by atoms with E-state index >= 15 is 0 Å². The molecule has 1 unspecified atom stereocenters. The first-order valence-corrected chi connectivity index (χ1v) is 12.1. The molecule has 1 saturated carbocycles. The number of aromatic amines is 1. The molecule has 0 spiro atoms. The fourth-order valence-electron chi connectivity index (χ4n) is 4.79. The molecule has 1 atom stereocenters. The molecule has 1 aliphatic carbocycles. The molecule has 1 saturated heterocycles. The number of rotatable bonds is 5. The number of fused-ring (bicyclic) bond motifs is 1. The lowest BCUT2D eigenvalue weighted by molar-refractivity contribution is -0.143. The van der Waals surface area contributed by atoms with Crippen molar-refractivity contribution in [3.8, 4) is 0 Å². The molecule has 0 bridgehead atoms. The highest BCUT2D eigenvalue weighted by Crippen LogP contribution is 2.34. The van der Waals surface area contributed by atoms with Gasteiger partial charge in [0, 0.05) is 43.5 Å². The predicted octanol–water partition coefficient (Wildman–Crippen LogP) is 4.07. The Kier molecular flexibility index (Phi) is 6.57. The highest BCUT2D eigenvalue weighted by atomic mass is 19.4. The number of amides is 1. The van der Waals surface area contributed by atoms with Gasteiger partial charge in [-0.2, -0.15) is 18.3 Å². The van der Waals surface area contributed by atoms with Crippen molar-refractivity contribution in [3.63, 3.8) is 0 Å². The number of alkyl halides is 3. The van der Waals surface area contributed by atoms with E-state index in [-0.39, 0.29) is 23.7 Å². The number of carbonyl (C=O) groups is 1. The molecule has 37 heavy (non-hydrogen) atoms. The minimum Gasteiger partial charge on any atom is -0.353 e. The van der Waals surface area contributed by atoms with Crippen LogP contribution in [-0.2, 0) is 11.0 Å². The van der Waals surface area contributed by atoms with Gasteiger partial charge in [-0.3, -0.25) is 14.3 Å². The van der Waals surface area contributed by atoms with Crippen molar-refractivity contribution in [3.05, 3.63) is 65.6 Å². The second-order valence-electron chi connectivity index (χ2n) is 9.18. The van der Waals surface area contributed by atoms with Crippen molar-refractivity contribution in [2.45, 2.75) is 38.4 Å². The van der Waals surface area contributed by atoms with E-state index in [1.165, 1.54) is 16.7 Å². The van der Waals surface area contributed by atoms with E-state index in [0.29, 0.717) is 36.8 Å². The van der Waals surface area contributed by atoms with Gasteiger partial charge < -0.3 is 9.80 Å². The smallest absolute Gasteiger partial charge is 0.353 e. The molecule has 4 heterocycles. The Bertz CT molecular complexity index is 1350. The Morgan fingerprint density at radius 1 is 1.24 bits per heavy atom. The lowest BCUT2D eigenvalue weighted by atomic mass is 9.83. The number of hydrogen-bond acceptors (Lipinski definition) is 5. The maximum Gasteiger partial charge on any atom is 0.417 e. The van der Waals surface area contributed by atoms with Crippen LogP contribution in [0, 0.1) is 5.92 Å². The molecule has 1 N–H and O–H groups in total. The molecular weight excluding hydrogens is 485 g/mol. The number of piperazine rings is 1. The molecule has 3 aromatic rings. The third-order valence-electron chi connectivity index (χ3n) is 7.04. The number of aromatic nitrogens is 4. The average Bonchev–Trinajstić information content (AvgIpc) is 3.53. The Morgan fingerprint density at radius 3 is 2.68 bits per heavy atom. The van der Waals surface area contributed by atoms with Gasteiger partial charge in [-0.05, 0) is 44.7 Å². The molecular formula is C25H27F3N8O. The van der Waals surface area contributed by atoms with Gasteiger partial charge >= 0.3 is 6.18 Å². The number of aliphatic imine (C=N–C) groups is 2. The summed E-state index contributed by atoms with van der Waals surface area (Å²) >= 11 is 0. The number of halogens is 3.